The van der Waals surface area contributed by atoms with E-state index in [4.69, 9.17) is 0 Å². The highest BCUT2D eigenvalue weighted by molar-refractivity contribution is 6.45. The van der Waals surface area contributed by atoms with Gasteiger partial charge in [0, 0.05) is 23.5 Å². The Morgan fingerprint density at radius 3 is 2.20 bits per heavy atom. The highest BCUT2D eigenvalue weighted by Crippen LogP contribution is 2.15. The molecule has 0 bridgehead atoms. The first-order valence-corrected chi connectivity index (χ1v) is 6.23. The lowest BCUT2D eigenvalue weighted by molar-refractivity contribution is -0.143. The van der Waals surface area contributed by atoms with Crippen molar-refractivity contribution in [1.82, 2.24) is 14.8 Å². The second-order valence-electron chi connectivity index (χ2n) is 4.64. The van der Waals surface area contributed by atoms with Gasteiger partial charge in [0.2, 0.25) is 0 Å². The van der Waals surface area contributed by atoms with Crippen molar-refractivity contribution >= 4 is 23.6 Å². The van der Waals surface area contributed by atoms with E-state index in [2.05, 4.69) is 4.98 Å². The van der Waals surface area contributed by atoms with E-state index in [0.29, 0.717) is 16.2 Å². The third-order valence-corrected chi connectivity index (χ3v) is 3.20. The Balaban J connectivity index is 2.20. The summed E-state index contributed by atoms with van der Waals surface area (Å²) in [5, 5.41) is 0. The van der Waals surface area contributed by atoms with E-state index in [-0.39, 0.29) is 12.3 Å². The summed E-state index contributed by atoms with van der Waals surface area (Å²) in [6.07, 6.45) is 0. The molecule has 7 heteroatoms. The van der Waals surface area contributed by atoms with Crippen LogP contribution in [0.4, 0.5) is 4.79 Å². The Kier molecular flexibility index (Phi) is 3.44. The molecule has 1 saturated heterocycles. The zero-order chi connectivity index (χ0) is 15.0. The normalized spacial score (nSPS) is 15.4. The van der Waals surface area contributed by atoms with E-state index in [0.717, 1.165) is 10.6 Å². The van der Waals surface area contributed by atoms with Crippen molar-refractivity contribution in [3.05, 3.63) is 23.0 Å². The predicted molar refractivity (Wildman–Crippen MR) is 69.1 cm³/mol. The van der Waals surface area contributed by atoms with E-state index < -0.39 is 24.4 Å². The number of likely N-dealkylation sites (N-methyl/N-ethyl adjacent to an activating group) is 1. The number of amides is 4. The first-order valence-electron chi connectivity index (χ1n) is 6.23. The van der Waals surface area contributed by atoms with Gasteiger partial charge in [-0.15, -0.1) is 0 Å². The molecule has 0 saturated carbocycles. The molecule has 106 valence electrons. The molecule has 20 heavy (non-hydrogen) atoms. The van der Waals surface area contributed by atoms with Crippen molar-refractivity contribution in [2.24, 2.45) is 0 Å². The molecule has 2 heterocycles. The highest BCUT2D eigenvalue weighted by atomic mass is 16.2. The Bertz CT molecular complexity index is 617. The lowest BCUT2D eigenvalue weighted by Gasteiger charge is -2.13. The first kappa shape index (κ1) is 14.0. The van der Waals surface area contributed by atoms with Gasteiger partial charge in [0.25, 0.3) is 0 Å². The molecule has 0 spiro atoms. The maximum Gasteiger partial charge on any atom is 0.334 e. The number of aromatic amines is 1. The van der Waals surface area contributed by atoms with Crippen LogP contribution in [0.2, 0.25) is 0 Å². The fourth-order valence-electron chi connectivity index (χ4n) is 2.21. The number of hydrogen-bond acceptors (Lipinski definition) is 4. The van der Waals surface area contributed by atoms with Crippen LogP contribution >= 0.6 is 0 Å². The van der Waals surface area contributed by atoms with E-state index in [1.54, 1.807) is 26.8 Å². The number of urea groups is 1. The average Bonchev–Trinajstić information content (AvgIpc) is 2.82. The van der Waals surface area contributed by atoms with Crippen molar-refractivity contribution < 1.29 is 19.2 Å². The van der Waals surface area contributed by atoms with Gasteiger partial charge in [0.1, 0.15) is 0 Å². The van der Waals surface area contributed by atoms with Crippen molar-refractivity contribution in [3.8, 4) is 0 Å². The maximum atomic E-state index is 12.1. The summed E-state index contributed by atoms with van der Waals surface area (Å²) in [6.45, 7) is 4.82. The molecule has 0 aromatic carbocycles. The number of carbonyl (C=O) groups is 4. The molecule has 1 aromatic heterocycles. The zero-order valence-electron chi connectivity index (χ0n) is 11.5. The standard InChI is InChI=1S/C13H15N3O4/c1-4-15-11(18)12(19)16(13(15)20)6-10(17)9-5-7(2)14-8(9)3/h5,14H,4,6H2,1-3H3. The van der Waals surface area contributed by atoms with Crippen molar-refractivity contribution in [2.45, 2.75) is 20.8 Å². The average molecular weight is 277 g/mol. The lowest BCUT2D eigenvalue weighted by Crippen LogP contribution is -2.37. The van der Waals surface area contributed by atoms with Crippen LogP contribution in [0.5, 0.6) is 0 Å². The molecule has 1 aliphatic rings. The van der Waals surface area contributed by atoms with Gasteiger partial charge in [-0.3, -0.25) is 19.3 Å². The number of H-pyrrole nitrogens is 1. The van der Waals surface area contributed by atoms with Gasteiger partial charge in [-0.25, -0.2) is 9.69 Å². The monoisotopic (exact) mass is 277 g/mol. The topological polar surface area (TPSA) is 90.6 Å². The fraction of sp³-hybridized carbons (Fsp3) is 0.385. The minimum atomic E-state index is -0.949. The minimum Gasteiger partial charge on any atom is -0.362 e. The predicted octanol–water partition coefficient (Wildman–Crippen LogP) is 0.625. The summed E-state index contributed by atoms with van der Waals surface area (Å²) in [5.41, 5.74) is 1.91. The number of nitrogens with one attached hydrogen (secondary N) is 1. The summed E-state index contributed by atoms with van der Waals surface area (Å²) in [5.74, 6) is -2.21. The molecule has 1 aromatic rings. The molecule has 0 radical (unpaired) electrons. The number of hydrogen-bond donors (Lipinski definition) is 1. The van der Waals surface area contributed by atoms with Crippen molar-refractivity contribution in [3.63, 3.8) is 0 Å². The van der Waals surface area contributed by atoms with Gasteiger partial charge in [-0.1, -0.05) is 0 Å². The fourth-order valence-corrected chi connectivity index (χ4v) is 2.21. The van der Waals surface area contributed by atoms with Gasteiger partial charge in [0.15, 0.2) is 5.78 Å². The minimum absolute atomic E-state index is 0.108. The van der Waals surface area contributed by atoms with Crippen LogP contribution < -0.4 is 0 Å². The maximum absolute atomic E-state index is 12.1. The summed E-state index contributed by atoms with van der Waals surface area (Å²) < 4.78 is 0. The van der Waals surface area contributed by atoms with E-state index in [1.807, 2.05) is 0 Å². The molecule has 0 unspecified atom stereocenters. The van der Waals surface area contributed by atoms with Crippen LogP contribution in [-0.4, -0.2) is 51.5 Å². The number of Topliss-reactive ketones (excluding diaryl/α,β-unsaturated/α-hetero) is 1. The second kappa shape index (κ2) is 4.92. The number of imide groups is 2. The number of carbonyl (C=O) groups excluding carboxylic acids is 4. The lowest BCUT2D eigenvalue weighted by atomic mass is 10.1. The number of aryl methyl sites for hydroxylation is 2. The van der Waals surface area contributed by atoms with Crippen molar-refractivity contribution in [2.75, 3.05) is 13.1 Å². The summed E-state index contributed by atoms with van der Waals surface area (Å²) in [6, 6.07) is 0.919. The van der Waals surface area contributed by atoms with Gasteiger partial charge in [0.05, 0.1) is 6.54 Å². The largest absolute Gasteiger partial charge is 0.362 e. The highest BCUT2D eigenvalue weighted by Gasteiger charge is 2.44. The van der Waals surface area contributed by atoms with Crippen LogP contribution in [0.15, 0.2) is 6.07 Å². The van der Waals surface area contributed by atoms with Crippen LogP contribution in [-0.2, 0) is 9.59 Å². The smallest absolute Gasteiger partial charge is 0.334 e. The van der Waals surface area contributed by atoms with E-state index in [9.17, 15) is 19.2 Å². The molecule has 1 aliphatic heterocycles. The molecule has 7 nitrogen and oxygen atoms in total. The summed E-state index contributed by atoms with van der Waals surface area (Å²) >= 11 is 0. The number of ketones is 1. The molecule has 4 amide bonds. The van der Waals surface area contributed by atoms with Gasteiger partial charge in [-0.05, 0) is 26.8 Å². The molecule has 2 rings (SSSR count). The number of nitrogens with zero attached hydrogens (tertiary/aromatic N) is 2. The molecule has 1 fully saturated rings. The molecule has 0 aliphatic carbocycles. The van der Waals surface area contributed by atoms with Crippen LogP contribution in [0.1, 0.15) is 28.7 Å². The molecular formula is C13H15N3O4. The summed E-state index contributed by atoms with van der Waals surface area (Å²) in [4.78, 5) is 51.7. The third-order valence-electron chi connectivity index (χ3n) is 3.20. The first-order chi connectivity index (χ1) is 9.36. The van der Waals surface area contributed by atoms with E-state index >= 15 is 0 Å². The second-order valence-corrected chi connectivity index (χ2v) is 4.64. The zero-order valence-corrected chi connectivity index (χ0v) is 11.5. The molecule has 0 atom stereocenters. The van der Waals surface area contributed by atoms with Crippen LogP contribution in [0, 0.1) is 13.8 Å². The van der Waals surface area contributed by atoms with Crippen LogP contribution in [0.3, 0.4) is 0 Å². The third kappa shape index (κ3) is 2.11. The van der Waals surface area contributed by atoms with Gasteiger partial charge >= 0.3 is 17.8 Å². The number of rotatable bonds is 4. The quantitative estimate of drug-likeness (QED) is 0.496. The molecule has 1 N–H and O–H groups in total. The molecular weight excluding hydrogens is 262 g/mol. The Morgan fingerprint density at radius 2 is 1.75 bits per heavy atom. The van der Waals surface area contributed by atoms with Crippen molar-refractivity contribution in [1.29, 1.82) is 0 Å². The van der Waals surface area contributed by atoms with Gasteiger partial charge in [-0.2, -0.15) is 0 Å². The number of aromatic nitrogens is 1. The Labute approximate surface area is 115 Å². The van der Waals surface area contributed by atoms with Gasteiger partial charge < -0.3 is 4.98 Å². The summed E-state index contributed by atoms with van der Waals surface area (Å²) in [7, 11) is 0. The Hall–Kier alpha value is -2.44. The Morgan fingerprint density at radius 1 is 1.15 bits per heavy atom. The van der Waals surface area contributed by atoms with Crippen LogP contribution in [0.25, 0.3) is 0 Å². The SMILES string of the molecule is CCN1C(=O)C(=O)N(CC(=O)c2cc(C)[nH]c2C)C1=O. The van der Waals surface area contributed by atoms with E-state index in [1.165, 1.54) is 0 Å².